The van der Waals surface area contributed by atoms with Crippen LogP contribution in [0.4, 0.5) is 5.82 Å². The molecule has 1 aliphatic rings. The minimum Gasteiger partial charge on any atom is -0.497 e. The zero-order valence-electron chi connectivity index (χ0n) is 15.8. The van der Waals surface area contributed by atoms with Crippen molar-refractivity contribution < 1.29 is 9.53 Å². The Morgan fingerprint density at radius 2 is 1.89 bits per heavy atom. The summed E-state index contributed by atoms with van der Waals surface area (Å²) < 4.78 is 6.98. The molecule has 0 saturated carbocycles. The van der Waals surface area contributed by atoms with Gasteiger partial charge in [-0.2, -0.15) is 9.78 Å². The molecule has 1 aliphatic heterocycles. The first-order valence-electron chi connectivity index (χ1n) is 8.82. The van der Waals surface area contributed by atoms with E-state index < -0.39 is 0 Å². The van der Waals surface area contributed by atoms with Crippen LogP contribution in [-0.4, -0.2) is 32.8 Å². The third kappa shape index (κ3) is 3.05. The third-order valence-electron chi connectivity index (χ3n) is 4.76. The van der Waals surface area contributed by atoms with E-state index in [0.717, 1.165) is 34.0 Å². The van der Waals surface area contributed by atoms with Gasteiger partial charge in [-0.05, 0) is 44.5 Å². The van der Waals surface area contributed by atoms with E-state index in [1.807, 2.05) is 51.1 Å². The first-order chi connectivity index (χ1) is 13.0. The molecule has 0 unspecified atom stereocenters. The van der Waals surface area contributed by atoms with Crippen molar-refractivity contribution in [3.63, 3.8) is 0 Å². The Morgan fingerprint density at radius 3 is 2.59 bits per heavy atom. The van der Waals surface area contributed by atoms with Gasteiger partial charge in [0.2, 0.25) is 5.91 Å². The molecule has 27 heavy (non-hydrogen) atoms. The van der Waals surface area contributed by atoms with Crippen LogP contribution in [0.2, 0.25) is 0 Å². The van der Waals surface area contributed by atoms with Crippen LogP contribution in [-0.2, 0) is 4.79 Å². The van der Waals surface area contributed by atoms with Gasteiger partial charge in [0.15, 0.2) is 0 Å². The lowest BCUT2D eigenvalue weighted by molar-refractivity contribution is -0.116. The minimum atomic E-state index is -0.0940. The fourth-order valence-corrected chi connectivity index (χ4v) is 3.64. The molecule has 1 aromatic carbocycles. The molecule has 0 aliphatic carbocycles. The molecule has 0 fully saturated rings. The van der Waals surface area contributed by atoms with Crippen LogP contribution < -0.4 is 10.1 Å². The van der Waals surface area contributed by atoms with Crippen LogP contribution in [0.15, 0.2) is 30.3 Å². The highest BCUT2D eigenvalue weighted by molar-refractivity contribution is 5.95. The number of carbonyl (C=O) groups excluding carboxylic acids is 1. The van der Waals surface area contributed by atoms with Crippen LogP contribution in [0, 0.1) is 20.8 Å². The van der Waals surface area contributed by atoms with Crippen molar-refractivity contribution in [2.45, 2.75) is 33.1 Å². The van der Waals surface area contributed by atoms with E-state index in [1.165, 1.54) is 0 Å². The van der Waals surface area contributed by atoms with E-state index in [9.17, 15) is 4.79 Å². The molecule has 1 N–H and O–H groups in total. The molecule has 0 saturated heterocycles. The molecule has 4 rings (SSSR count). The second-order valence-corrected chi connectivity index (χ2v) is 6.79. The second-order valence-electron chi connectivity index (χ2n) is 6.79. The Balaban J connectivity index is 1.88. The van der Waals surface area contributed by atoms with E-state index >= 15 is 0 Å². The van der Waals surface area contributed by atoms with Crippen LogP contribution in [0.5, 0.6) is 5.75 Å². The van der Waals surface area contributed by atoms with Crippen molar-refractivity contribution in [1.82, 2.24) is 19.7 Å². The minimum absolute atomic E-state index is 0.0548. The summed E-state index contributed by atoms with van der Waals surface area (Å²) in [5.41, 5.74) is 4.57. The average molecular weight is 363 g/mol. The predicted molar refractivity (Wildman–Crippen MR) is 101 cm³/mol. The Labute approximate surface area is 157 Å². The maximum atomic E-state index is 12.5. The maximum Gasteiger partial charge on any atom is 0.252 e. The van der Waals surface area contributed by atoms with Crippen molar-refractivity contribution in [3.8, 4) is 11.7 Å². The number of aryl methyl sites for hydroxylation is 3. The Hall–Kier alpha value is -3.22. The highest BCUT2D eigenvalue weighted by atomic mass is 16.5. The summed E-state index contributed by atoms with van der Waals surface area (Å²) in [7, 11) is 1.64. The fourth-order valence-electron chi connectivity index (χ4n) is 3.64. The highest BCUT2D eigenvalue weighted by Crippen LogP contribution is 2.40. The largest absolute Gasteiger partial charge is 0.497 e. The number of carbonyl (C=O) groups is 1. The molecular weight excluding hydrogens is 342 g/mol. The number of methoxy groups -OCH3 is 1. The Bertz CT molecular complexity index is 1020. The molecule has 1 amide bonds. The van der Waals surface area contributed by atoms with Crippen molar-refractivity contribution in [1.29, 1.82) is 0 Å². The van der Waals surface area contributed by atoms with Crippen molar-refractivity contribution in [2.24, 2.45) is 0 Å². The zero-order chi connectivity index (χ0) is 19.1. The smallest absolute Gasteiger partial charge is 0.252 e. The quantitative estimate of drug-likeness (QED) is 0.773. The number of hydrogen-bond acceptors (Lipinski definition) is 5. The summed E-state index contributed by atoms with van der Waals surface area (Å²) in [5, 5.41) is 7.61. The van der Waals surface area contributed by atoms with Gasteiger partial charge >= 0.3 is 0 Å². The van der Waals surface area contributed by atoms with Gasteiger partial charge in [0, 0.05) is 29.3 Å². The van der Waals surface area contributed by atoms with Gasteiger partial charge in [0.05, 0.1) is 12.8 Å². The fraction of sp³-hybridized carbons (Fsp3) is 0.300. The van der Waals surface area contributed by atoms with Gasteiger partial charge in [-0.15, -0.1) is 0 Å². The van der Waals surface area contributed by atoms with Gasteiger partial charge < -0.3 is 10.1 Å². The first kappa shape index (κ1) is 17.2. The van der Waals surface area contributed by atoms with E-state index in [-0.39, 0.29) is 11.8 Å². The average Bonchev–Trinajstić information content (AvgIpc) is 2.97. The number of nitrogens with zero attached hydrogens (tertiary/aromatic N) is 4. The monoisotopic (exact) mass is 363 g/mol. The molecule has 1 atom stereocenters. The number of rotatable bonds is 3. The molecule has 3 heterocycles. The SMILES string of the molecule is COc1cccc([C@H]2CC(=O)Nc3c2c(C)nn3-c2nc(C)cc(C)n2)c1. The standard InChI is InChI=1S/C20H21N5O2/c1-11-8-12(2)22-20(21-11)25-19-18(13(3)24-25)16(10-17(26)23-19)14-6-5-7-15(9-14)27-4/h5-9,16H,10H2,1-4H3,(H,23,26)/t16-/m1/s1. The number of fused-ring (bicyclic) bond motifs is 1. The molecule has 138 valence electrons. The lowest BCUT2D eigenvalue weighted by Gasteiger charge is -2.24. The van der Waals surface area contributed by atoms with Gasteiger partial charge in [-0.3, -0.25) is 4.79 Å². The Kier molecular flexibility index (Phi) is 4.14. The van der Waals surface area contributed by atoms with E-state index in [4.69, 9.17) is 4.74 Å². The number of ether oxygens (including phenoxy) is 1. The van der Waals surface area contributed by atoms with Gasteiger partial charge in [0.25, 0.3) is 5.95 Å². The van der Waals surface area contributed by atoms with Crippen molar-refractivity contribution in [2.75, 3.05) is 12.4 Å². The highest BCUT2D eigenvalue weighted by Gasteiger charge is 2.33. The normalized spacial score (nSPS) is 16.0. The summed E-state index contributed by atoms with van der Waals surface area (Å²) in [6, 6.07) is 9.72. The first-order valence-corrected chi connectivity index (χ1v) is 8.82. The molecule has 7 nitrogen and oxygen atoms in total. The molecule has 2 aromatic heterocycles. The molecule has 7 heteroatoms. The maximum absolute atomic E-state index is 12.5. The molecule has 0 bridgehead atoms. The van der Waals surface area contributed by atoms with Crippen LogP contribution in [0.3, 0.4) is 0 Å². The van der Waals surface area contributed by atoms with E-state index in [2.05, 4.69) is 20.4 Å². The number of benzene rings is 1. The topological polar surface area (TPSA) is 81.9 Å². The van der Waals surface area contributed by atoms with E-state index in [0.29, 0.717) is 18.2 Å². The van der Waals surface area contributed by atoms with E-state index in [1.54, 1.807) is 11.8 Å². The lowest BCUT2D eigenvalue weighted by Crippen LogP contribution is -2.25. The number of nitrogens with one attached hydrogen (secondary N) is 1. The number of aromatic nitrogens is 4. The molecule has 3 aromatic rings. The van der Waals surface area contributed by atoms with Gasteiger partial charge in [-0.1, -0.05) is 12.1 Å². The summed E-state index contributed by atoms with van der Waals surface area (Å²) in [6.07, 6.45) is 0.362. The van der Waals surface area contributed by atoms with Crippen LogP contribution >= 0.6 is 0 Å². The van der Waals surface area contributed by atoms with Gasteiger partial charge in [0.1, 0.15) is 11.6 Å². The predicted octanol–water partition coefficient (Wildman–Crippen LogP) is 3.07. The molecule has 0 spiro atoms. The van der Waals surface area contributed by atoms with Crippen LogP contribution in [0.1, 0.15) is 40.5 Å². The summed E-state index contributed by atoms with van der Waals surface area (Å²) in [5.74, 6) is 1.72. The van der Waals surface area contributed by atoms with Crippen molar-refractivity contribution >= 4 is 11.7 Å². The Morgan fingerprint density at radius 1 is 1.15 bits per heavy atom. The molecule has 0 radical (unpaired) electrons. The molecular formula is C20H21N5O2. The summed E-state index contributed by atoms with van der Waals surface area (Å²) in [6.45, 7) is 5.78. The van der Waals surface area contributed by atoms with Gasteiger partial charge in [-0.25, -0.2) is 9.97 Å². The number of amides is 1. The number of hydrogen-bond donors (Lipinski definition) is 1. The number of anilines is 1. The summed E-state index contributed by atoms with van der Waals surface area (Å²) in [4.78, 5) is 21.5. The van der Waals surface area contributed by atoms with Crippen LogP contribution in [0.25, 0.3) is 5.95 Å². The van der Waals surface area contributed by atoms with Crippen molar-refractivity contribution in [3.05, 3.63) is 58.5 Å². The lowest BCUT2D eigenvalue weighted by atomic mass is 9.86. The zero-order valence-corrected chi connectivity index (χ0v) is 15.8. The summed E-state index contributed by atoms with van der Waals surface area (Å²) >= 11 is 0. The third-order valence-corrected chi connectivity index (χ3v) is 4.76. The second kappa shape index (κ2) is 6.50.